The molecule has 2 aromatic rings. The van der Waals surface area contributed by atoms with E-state index in [1.807, 2.05) is 18.5 Å². The number of halogens is 1. The standard InChI is InChI=1S/C16H17ClN4/c17-14-3-5-18-7-12(14)9-21-6-4-15-13(10-21)8-19-16(20-15)11-1-2-11/h3,5,7-8,11H,1-2,4,6,9-10H2. The quantitative estimate of drug-likeness (QED) is 0.874. The lowest BCUT2D eigenvalue weighted by Gasteiger charge is -2.28. The molecule has 4 rings (SSSR count). The first-order chi connectivity index (χ1) is 10.3. The van der Waals surface area contributed by atoms with E-state index in [9.17, 15) is 0 Å². The number of pyridine rings is 1. The van der Waals surface area contributed by atoms with Crippen LogP contribution in [0.1, 0.15) is 41.4 Å². The van der Waals surface area contributed by atoms with Gasteiger partial charge in [-0.1, -0.05) is 11.6 Å². The molecule has 0 atom stereocenters. The number of aromatic nitrogens is 3. The fourth-order valence-corrected chi connectivity index (χ4v) is 3.00. The SMILES string of the molecule is Clc1ccncc1CN1CCc2nc(C3CC3)ncc2C1. The molecule has 0 aromatic carbocycles. The first kappa shape index (κ1) is 13.2. The maximum Gasteiger partial charge on any atom is 0.131 e. The van der Waals surface area contributed by atoms with E-state index in [0.29, 0.717) is 5.92 Å². The van der Waals surface area contributed by atoms with Gasteiger partial charge < -0.3 is 0 Å². The van der Waals surface area contributed by atoms with E-state index in [0.717, 1.165) is 42.5 Å². The molecule has 3 heterocycles. The Morgan fingerprint density at radius 1 is 1.29 bits per heavy atom. The minimum absolute atomic E-state index is 0.627. The molecule has 4 nitrogen and oxygen atoms in total. The third-order valence-electron chi connectivity index (χ3n) is 4.21. The van der Waals surface area contributed by atoms with Gasteiger partial charge in [0.25, 0.3) is 0 Å². The Balaban J connectivity index is 1.50. The van der Waals surface area contributed by atoms with Gasteiger partial charge in [-0.3, -0.25) is 9.88 Å². The lowest BCUT2D eigenvalue weighted by molar-refractivity contribution is 0.242. The second-order valence-corrected chi connectivity index (χ2v) is 6.31. The summed E-state index contributed by atoms with van der Waals surface area (Å²) in [6.07, 6.45) is 9.10. The minimum atomic E-state index is 0.627. The highest BCUT2D eigenvalue weighted by atomic mass is 35.5. The van der Waals surface area contributed by atoms with Crippen molar-refractivity contribution in [2.45, 2.75) is 38.3 Å². The van der Waals surface area contributed by atoms with Crippen LogP contribution in [-0.4, -0.2) is 26.4 Å². The van der Waals surface area contributed by atoms with Crippen LogP contribution in [-0.2, 0) is 19.5 Å². The van der Waals surface area contributed by atoms with Gasteiger partial charge in [0.1, 0.15) is 5.82 Å². The molecule has 2 aromatic heterocycles. The van der Waals surface area contributed by atoms with Crippen LogP contribution in [0.25, 0.3) is 0 Å². The van der Waals surface area contributed by atoms with Crippen molar-refractivity contribution >= 4 is 11.6 Å². The molecular weight excluding hydrogens is 284 g/mol. The van der Waals surface area contributed by atoms with E-state index in [1.54, 1.807) is 6.20 Å². The zero-order valence-corrected chi connectivity index (χ0v) is 12.6. The molecule has 1 aliphatic heterocycles. The number of rotatable bonds is 3. The van der Waals surface area contributed by atoms with E-state index in [4.69, 9.17) is 16.6 Å². The molecule has 0 radical (unpaired) electrons. The second-order valence-electron chi connectivity index (χ2n) is 5.90. The van der Waals surface area contributed by atoms with Gasteiger partial charge in [-0.2, -0.15) is 0 Å². The van der Waals surface area contributed by atoms with Crippen LogP contribution in [0.15, 0.2) is 24.7 Å². The monoisotopic (exact) mass is 300 g/mol. The van der Waals surface area contributed by atoms with Crippen LogP contribution < -0.4 is 0 Å². The summed E-state index contributed by atoms with van der Waals surface area (Å²) in [5.41, 5.74) is 3.57. The lowest BCUT2D eigenvalue weighted by Crippen LogP contribution is -2.31. The Hall–Kier alpha value is -1.52. The summed E-state index contributed by atoms with van der Waals surface area (Å²) in [6.45, 7) is 2.74. The summed E-state index contributed by atoms with van der Waals surface area (Å²) in [5, 5.41) is 0.788. The smallest absolute Gasteiger partial charge is 0.131 e. The van der Waals surface area contributed by atoms with Gasteiger partial charge in [0.15, 0.2) is 0 Å². The van der Waals surface area contributed by atoms with Crippen LogP contribution in [0.3, 0.4) is 0 Å². The Bertz CT molecular complexity index is 669. The molecule has 0 saturated heterocycles. The molecule has 108 valence electrons. The van der Waals surface area contributed by atoms with Gasteiger partial charge in [-0.25, -0.2) is 9.97 Å². The first-order valence-electron chi connectivity index (χ1n) is 7.45. The molecule has 0 bridgehead atoms. The molecule has 5 heteroatoms. The van der Waals surface area contributed by atoms with Gasteiger partial charge in [0.05, 0.1) is 0 Å². The van der Waals surface area contributed by atoms with Crippen molar-refractivity contribution in [3.63, 3.8) is 0 Å². The van der Waals surface area contributed by atoms with Gasteiger partial charge in [-0.05, 0) is 18.9 Å². The Morgan fingerprint density at radius 2 is 2.19 bits per heavy atom. The lowest BCUT2D eigenvalue weighted by atomic mass is 10.1. The average Bonchev–Trinajstić information content (AvgIpc) is 3.34. The predicted octanol–water partition coefficient (Wildman–Crippen LogP) is 2.96. The molecule has 2 aliphatic rings. The summed E-state index contributed by atoms with van der Waals surface area (Å²) < 4.78 is 0. The Morgan fingerprint density at radius 3 is 3.00 bits per heavy atom. The Labute approximate surface area is 129 Å². The van der Waals surface area contributed by atoms with Crippen molar-refractivity contribution in [3.8, 4) is 0 Å². The molecule has 1 fully saturated rings. The van der Waals surface area contributed by atoms with E-state index in [-0.39, 0.29) is 0 Å². The van der Waals surface area contributed by atoms with Gasteiger partial charge in [0.2, 0.25) is 0 Å². The number of nitrogens with zero attached hydrogens (tertiary/aromatic N) is 4. The highest BCUT2D eigenvalue weighted by Gasteiger charge is 2.28. The van der Waals surface area contributed by atoms with Crippen LogP contribution in [0.5, 0.6) is 0 Å². The number of hydrogen-bond donors (Lipinski definition) is 0. The van der Waals surface area contributed by atoms with Crippen molar-refractivity contribution in [2.24, 2.45) is 0 Å². The summed E-state index contributed by atoms with van der Waals surface area (Å²) in [7, 11) is 0. The van der Waals surface area contributed by atoms with E-state index < -0.39 is 0 Å². The van der Waals surface area contributed by atoms with Crippen LogP contribution in [0.2, 0.25) is 5.02 Å². The molecule has 21 heavy (non-hydrogen) atoms. The van der Waals surface area contributed by atoms with Crippen molar-refractivity contribution in [3.05, 3.63) is 52.3 Å². The molecule has 0 N–H and O–H groups in total. The van der Waals surface area contributed by atoms with E-state index in [1.165, 1.54) is 24.1 Å². The number of hydrogen-bond acceptors (Lipinski definition) is 4. The zero-order valence-electron chi connectivity index (χ0n) is 11.8. The third-order valence-corrected chi connectivity index (χ3v) is 4.58. The third kappa shape index (κ3) is 2.78. The maximum atomic E-state index is 6.21. The minimum Gasteiger partial charge on any atom is -0.294 e. The van der Waals surface area contributed by atoms with Crippen molar-refractivity contribution in [1.82, 2.24) is 19.9 Å². The topological polar surface area (TPSA) is 41.9 Å². The maximum absolute atomic E-state index is 6.21. The normalized spacial score (nSPS) is 18.5. The molecule has 0 unspecified atom stereocenters. The van der Waals surface area contributed by atoms with E-state index in [2.05, 4.69) is 14.9 Å². The highest BCUT2D eigenvalue weighted by Crippen LogP contribution is 2.38. The Kier molecular flexibility index (Phi) is 3.36. The molecule has 1 aliphatic carbocycles. The zero-order chi connectivity index (χ0) is 14.2. The molecule has 0 amide bonds. The van der Waals surface area contributed by atoms with Crippen molar-refractivity contribution in [2.75, 3.05) is 6.54 Å². The summed E-state index contributed by atoms with van der Waals surface area (Å²) in [6, 6.07) is 1.85. The van der Waals surface area contributed by atoms with Crippen LogP contribution in [0.4, 0.5) is 0 Å². The van der Waals surface area contributed by atoms with E-state index >= 15 is 0 Å². The number of fused-ring (bicyclic) bond motifs is 1. The van der Waals surface area contributed by atoms with Crippen molar-refractivity contribution < 1.29 is 0 Å². The second kappa shape index (κ2) is 5.35. The highest BCUT2D eigenvalue weighted by molar-refractivity contribution is 6.31. The average molecular weight is 301 g/mol. The molecule has 0 spiro atoms. The van der Waals surface area contributed by atoms with Crippen molar-refractivity contribution in [1.29, 1.82) is 0 Å². The van der Waals surface area contributed by atoms with Gasteiger partial charge in [0, 0.05) is 72.4 Å². The van der Waals surface area contributed by atoms with Gasteiger partial charge >= 0.3 is 0 Å². The molecule has 1 saturated carbocycles. The van der Waals surface area contributed by atoms with Crippen LogP contribution >= 0.6 is 11.6 Å². The fraction of sp³-hybridized carbons (Fsp3) is 0.438. The largest absolute Gasteiger partial charge is 0.294 e. The first-order valence-corrected chi connectivity index (χ1v) is 7.83. The predicted molar refractivity (Wildman–Crippen MR) is 81.1 cm³/mol. The van der Waals surface area contributed by atoms with Crippen LogP contribution in [0, 0.1) is 0 Å². The summed E-state index contributed by atoms with van der Waals surface area (Å²) in [4.78, 5) is 15.8. The summed E-state index contributed by atoms with van der Waals surface area (Å²) in [5.74, 6) is 1.68. The fourth-order valence-electron chi connectivity index (χ4n) is 2.83. The molecular formula is C16H17ClN4. The summed E-state index contributed by atoms with van der Waals surface area (Å²) >= 11 is 6.21. The van der Waals surface area contributed by atoms with Gasteiger partial charge in [-0.15, -0.1) is 0 Å².